The molecule has 0 aromatic carbocycles. The molecule has 0 bridgehead atoms. The first-order valence-electron chi connectivity index (χ1n) is 5.01. The smallest absolute Gasteiger partial charge is 0.126 e. The molecule has 14 heavy (non-hydrogen) atoms. The Morgan fingerprint density at radius 3 is 2.93 bits per heavy atom. The minimum atomic E-state index is 0.727. The summed E-state index contributed by atoms with van der Waals surface area (Å²) in [4.78, 5) is 8.49. The van der Waals surface area contributed by atoms with Crippen LogP contribution in [0, 0.1) is 6.92 Å². The Morgan fingerprint density at radius 2 is 2.21 bits per heavy atom. The van der Waals surface area contributed by atoms with Gasteiger partial charge in [-0.1, -0.05) is 0 Å². The highest BCUT2D eigenvalue weighted by Gasteiger charge is 2.14. The molecule has 0 aliphatic carbocycles. The van der Waals surface area contributed by atoms with Crippen molar-refractivity contribution >= 4 is 11.8 Å². The first kappa shape index (κ1) is 9.93. The van der Waals surface area contributed by atoms with E-state index in [1.54, 1.807) is 0 Å². The zero-order chi connectivity index (χ0) is 9.80. The molecule has 0 saturated carbocycles. The molecule has 0 atom stereocenters. The molecule has 0 unspecified atom stereocenters. The van der Waals surface area contributed by atoms with Crippen molar-refractivity contribution in [2.45, 2.75) is 30.0 Å². The Bertz CT molecular complexity index is 297. The van der Waals surface area contributed by atoms with Crippen LogP contribution in [0.4, 0.5) is 0 Å². The van der Waals surface area contributed by atoms with Gasteiger partial charge in [-0.2, -0.15) is 0 Å². The van der Waals surface area contributed by atoms with E-state index in [2.05, 4.69) is 15.3 Å². The summed E-state index contributed by atoms with van der Waals surface area (Å²) in [7, 11) is 0. The number of hydrogen-bond donors (Lipinski definition) is 1. The number of thioether (sulfide) groups is 1. The highest BCUT2D eigenvalue weighted by molar-refractivity contribution is 7.99. The van der Waals surface area contributed by atoms with E-state index < -0.39 is 0 Å². The van der Waals surface area contributed by atoms with E-state index >= 15 is 0 Å². The summed E-state index contributed by atoms with van der Waals surface area (Å²) in [5.41, 5.74) is 0. The number of aromatic nitrogens is 2. The highest BCUT2D eigenvalue weighted by Crippen LogP contribution is 2.26. The maximum Gasteiger partial charge on any atom is 0.126 e. The van der Waals surface area contributed by atoms with Gasteiger partial charge < -0.3 is 5.32 Å². The summed E-state index contributed by atoms with van der Waals surface area (Å²) in [6, 6.07) is 2.00. The topological polar surface area (TPSA) is 37.8 Å². The van der Waals surface area contributed by atoms with Gasteiger partial charge >= 0.3 is 0 Å². The van der Waals surface area contributed by atoms with E-state index in [1.807, 2.05) is 30.9 Å². The van der Waals surface area contributed by atoms with Crippen molar-refractivity contribution in [1.29, 1.82) is 0 Å². The second kappa shape index (κ2) is 4.75. The van der Waals surface area contributed by atoms with Crippen molar-refractivity contribution in [3.63, 3.8) is 0 Å². The standard InChI is InChI=1S/C10H15N3S/c1-8-12-7-4-10(13-8)14-9-2-5-11-6-3-9/h4,7,9,11H,2-3,5-6H2,1H3. The van der Waals surface area contributed by atoms with Crippen molar-refractivity contribution in [3.05, 3.63) is 18.1 Å². The third-order valence-corrected chi connectivity index (χ3v) is 3.60. The van der Waals surface area contributed by atoms with Gasteiger partial charge in [0.1, 0.15) is 5.82 Å². The lowest BCUT2D eigenvalue weighted by atomic mass is 10.2. The van der Waals surface area contributed by atoms with E-state index in [-0.39, 0.29) is 0 Å². The number of piperidine rings is 1. The van der Waals surface area contributed by atoms with Crippen LogP contribution in [0.5, 0.6) is 0 Å². The maximum absolute atomic E-state index is 4.40. The summed E-state index contributed by atoms with van der Waals surface area (Å²) in [6.07, 6.45) is 4.33. The van der Waals surface area contributed by atoms with Crippen LogP contribution in [0.1, 0.15) is 18.7 Å². The fraction of sp³-hybridized carbons (Fsp3) is 0.600. The summed E-state index contributed by atoms with van der Waals surface area (Å²) < 4.78 is 0. The number of rotatable bonds is 2. The fourth-order valence-electron chi connectivity index (χ4n) is 1.58. The molecule has 1 fully saturated rings. The van der Waals surface area contributed by atoms with Crippen LogP contribution in [0.2, 0.25) is 0 Å². The Labute approximate surface area is 88.7 Å². The summed E-state index contributed by atoms with van der Waals surface area (Å²) >= 11 is 1.89. The lowest BCUT2D eigenvalue weighted by Crippen LogP contribution is -2.29. The Hall–Kier alpha value is -0.610. The zero-order valence-electron chi connectivity index (χ0n) is 8.36. The van der Waals surface area contributed by atoms with Gasteiger partial charge in [-0.25, -0.2) is 9.97 Å². The minimum Gasteiger partial charge on any atom is -0.317 e. The second-order valence-corrected chi connectivity index (χ2v) is 4.83. The average Bonchev–Trinajstić information content (AvgIpc) is 2.19. The third-order valence-electron chi connectivity index (χ3n) is 2.32. The Kier molecular flexibility index (Phi) is 3.37. The first-order chi connectivity index (χ1) is 6.84. The van der Waals surface area contributed by atoms with E-state index in [1.165, 1.54) is 12.8 Å². The van der Waals surface area contributed by atoms with E-state index in [4.69, 9.17) is 0 Å². The molecule has 2 heterocycles. The molecular weight excluding hydrogens is 194 g/mol. The van der Waals surface area contributed by atoms with E-state index in [0.29, 0.717) is 0 Å². The van der Waals surface area contributed by atoms with Gasteiger partial charge in [0.15, 0.2) is 0 Å². The van der Waals surface area contributed by atoms with Gasteiger partial charge in [-0.15, -0.1) is 11.8 Å². The van der Waals surface area contributed by atoms with Gasteiger partial charge in [-0.3, -0.25) is 0 Å². The van der Waals surface area contributed by atoms with Crippen LogP contribution in [0.15, 0.2) is 17.3 Å². The van der Waals surface area contributed by atoms with Gasteiger partial charge in [0.05, 0.1) is 5.03 Å². The Balaban J connectivity index is 1.95. The van der Waals surface area contributed by atoms with E-state index in [0.717, 1.165) is 29.2 Å². The van der Waals surface area contributed by atoms with Gasteiger partial charge in [0.25, 0.3) is 0 Å². The number of nitrogens with zero attached hydrogens (tertiary/aromatic N) is 2. The molecule has 1 aromatic heterocycles. The molecule has 3 nitrogen and oxygen atoms in total. The van der Waals surface area contributed by atoms with Gasteiger partial charge in [0.2, 0.25) is 0 Å². The largest absolute Gasteiger partial charge is 0.317 e. The molecule has 4 heteroatoms. The first-order valence-corrected chi connectivity index (χ1v) is 5.89. The molecule has 1 aromatic rings. The predicted octanol–water partition coefficient (Wildman–Crippen LogP) is 1.63. The normalized spacial score (nSPS) is 18.4. The van der Waals surface area contributed by atoms with Crippen molar-refractivity contribution in [2.24, 2.45) is 0 Å². The zero-order valence-corrected chi connectivity index (χ0v) is 9.18. The lowest BCUT2D eigenvalue weighted by molar-refractivity contribution is 0.531. The summed E-state index contributed by atoms with van der Waals surface area (Å²) in [5.74, 6) is 0.865. The van der Waals surface area contributed by atoms with Crippen LogP contribution in [-0.4, -0.2) is 28.3 Å². The van der Waals surface area contributed by atoms with Crippen LogP contribution in [0.25, 0.3) is 0 Å². The minimum absolute atomic E-state index is 0.727. The van der Waals surface area contributed by atoms with Gasteiger partial charge in [0, 0.05) is 11.4 Å². The van der Waals surface area contributed by atoms with Crippen molar-refractivity contribution in [2.75, 3.05) is 13.1 Å². The predicted molar refractivity (Wildman–Crippen MR) is 58.5 cm³/mol. The van der Waals surface area contributed by atoms with Crippen molar-refractivity contribution in [3.8, 4) is 0 Å². The molecule has 1 saturated heterocycles. The molecule has 1 aliphatic rings. The molecular formula is C10H15N3S. The SMILES string of the molecule is Cc1nccc(SC2CCNCC2)n1. The fourth-order valence-corrected chi connectivity index (χ4v) is 2.72. The van der Waals surface area contributed by atoms with Gasteiger partial charge in [-0.05, 0) is 38.9 Å². The van der Waals surface area contributed by atoms with Crippen LogP contribution in [-0.2, 0) is 0 Å². The Morgan fingerprint density at radius 1 is 1.43 bits per heavy atom. The molecule has 0 amide bonds. The highest BCUT2D eigenvalue weighted by atomic mass is 32.2. The molecule has 1 N–H and O–H groups in total. The molecule has 0 radical (unpaired) electrons. The molecule has 0 spiro atoms. The summed E-state index contributed by atoms with van der Waals surface area (Å²) in [6.45, 7) is 4.22. The summed E-state index contributed by atoms with van der Waals surface area (Å²) in [5, 5.41) is 5.21. The quantitative estimate of drug-likeness (QED) is 0.751. The number of hydrogen-bond acceptors (Lipinski definition) is 4. The van der Waals surface area contributed by atoms with Crippen molar-refractivity contribution < 1.29 is 0 Å². The number of nitrogens with one attached hydrogen (secondary N) is 1. The van der Waals surface area contributed by atoms with Crippen molar-refractivity contribution in [1.82, 2.24) is 15.3 Å². The lowest BCUT2D eigenvalue weighted by Gasteiger charge is -2.21. The van der Waals surface area contributed by atoms with Crippen LogP contribution >= 0.6 is 11.8 Å². The number of aryl methyl sites for hydroxylation is 1. The maximum atomic E-state index is 4.40. The molecule has 1 aliphatic heterocycles. The third kappa shape index (κ3) is 2.69. The van der Waals surface area contributed by atoms with Crippen LogP contribution in [0.3, 0.4) is 0 Å². The van der Waals surface area contributed by atoms with Crippen LogP contribution < -0.4 is 5.32 Å². The molecule has 76 valence electrons. The second-order valence-electron chi connectivity index (χ2n) is 3.51. The molecule has 2 rings (SSSR count). The average molecular weight is 209 g/mol. The van der Waals surface area contributed by atoms with E-state index in [9.17, 15) is 0 Å². The monoisotopic (exact) mass is 209 g/mol.